The highest BCUT2D eigenvalue weighted by molar-refractivity contribution is 8.23. The van der Waals surface area contributed by atoms with E-state index in [2.05, 4.69) is 0 Å². The first-order valence-electron chi connectivity index (χ1n) is 4.77. The summed E-state index contributed by atoms with van der Waals surface area (Å²) in [5, 5.41) is 0. The van der Waals surface area contributed by atoms with Gasteiger partial charge in [0.1, 0.15) is 10.4 Å². The standard InChI is InChI=1S/C9H13NO3S2/c1-3-7(11)10-6(5-15-9(10)14)8(12)13-4-2/h6H,3-5H2,1-2H3. The third kappa shape index (κ3) is 2.69. The Bertz CT molecular complexity index is 293. The van der Waals surface area contributed by atoms with Gasteiger partial charge in [0.2, 0.25) is 5.91 Å². The third-order valence-electron chi connectivity index (χ3n) is 2.00. The number of hydrogen-bond donors (Lipinski definition) is 0. The van der Waals surface area contributed by atoms with Crippen molar-refractivity contribution < 1.29 is 14.3 Å². The van der Waals surface area contributed by atoms with Gasteiger partial charge in [0.05, 0.1) is 6.61 Å². The maximum absolute atomic E-state index is 11.6. The van der Waals surface area contributed by atoms with Crippen molar-refractivity contribution in [2.24, 2.45) is 0 Å². The van der Waals surface area contributed by atoms with Gasteiger partial charge in [-0.2, -0.15) is 0 Å². The fraction of sp³-hybridized carbons (Fsp3) is 0.667. The molecule has 84 valence electrons. The number of rotatable bonds is 3. The molecule has 1 amide bonds. The molecule has 4 nitrogen and oxygen atoms in total. The van der Waals surface area contributed by atoms with Crippen LogP contribution in [0.25, 0.3) is 0 Å². The van der Waals surface area contributed by atoms with Crippen molar-refractivity contribution in [3.8, 4) is 0 Å². The van der Waals surface area contributed by atoms with Gasteiger partial charge in [0.15, 0.2) is 0 Å². The van der Waals surface area contributed by atoms with E-state index in [1.165, 1.54) is 16.7 Å². The van der Waals surface area contributed by atoms with Crippen molar-refractivity contribution in [1.82, 2.24) is 4.90 Å². The normalized spacial score (nSPS) is 20.5. The van der Waals surface area contributed by atoms with Crippen molar-refractivity contribution in [3.05, 3.63) is 0 Å². The molecule has 1 atom stereocenters. The summed E-state index contributed by atoms with van der Waals surface area (Å²) in [5.74, 6) is 0.0124. The molecule has 1 rings (SSSR count). The second-order valence-corrected chi connectivity index (χ2v) is 4.62. The number of thiocarbonyl (C=S) groups is 1. The van der Waals surface area contributed by atoms with Crippen molar-refractivity contribution in [2.45, 2.75) is 26.3 Å². The molecule has 0 radical (unpaired) electrons. The van der Waals surface area contributed by atoms with Gasteiger partial charge < -0.3 is 4.74 Å². The number of hydrogen-bond acceptors (Lipinski definition) is 5. The van der Waals surface area contributed by atoms with Gasteiger partial charge >= 0.3 is 5.97 Å². The van der Waals surface area contributed by atoms with Crippen LogP contribution in [0.2, 0.25) is 0 Å². The van der Waals surface area contributed by atoms with Crippen molar-refractivity contribution in [1.29, 1.82) is 0 Å². The quantitative estimate of drug-likeness (QED) is 0.554. The van der Waals surface area contributed by atoms with Gasteiger partial charge in [-0.1, -0.05) is 30.9 Å². The Morgan fingerprint density at radius 1 is 1.60 bits per heavy atom. The second kappa shape index (κ2) is 5.46. The van der Waals surface area contributed by atoms with Crippen molar-refractivity contribution >= 4 is 40.2 Å². The van der Waals surface area contributed by atoms with E-state index >= 15 is 0 Å². The van der Waals surface area contributed by atoms with E-state index in [0.717, 1.165) is 0 Å². The number of esters is 1. The minimum Gasteiger partial charge on any atom is -0.464 e. The molecule has 1 fully saturated rings. The molecule has 1 aliphatic heterocycles. The Morgan fingerprint density at radius 2 is 2.27 bits per heavy atom. The van der Waals surface area contributed by atoms with Gasteiger partial charge in [0, 0.05) is 12.2 Å². The molecule has 1 unspecified atom stereocenters. The lowest BCUT2D eigenvalue weighted by atomic mass is 10.3. The first-order valence-corrected chi connectivity index (χ1v) is 6.16. The molecule has 1 aliphatic rings. The molecule has 0 bridgehead atoms. The monoisotopic (exact) mass is 247 g/mol. The minimum absolute atomic E-state index is 0.122. The molecule has 0 aromatic carbocycles. The van der Waals surface area contributed by atoms with E-state index in [0.29, 0.717) is 23.1 Å². The molecule has 0 saturated carbocycles. The smallest absolute Gasteiger partial charge is 0.330 e. The van der Waals surface area contributed by atoms with Crippen LogP contribution in [0.1, 0.15) is 20.3 Å². The van der Waals surface area contributed by atoms with Gasteiger partial charge in [-0.25, -0.2) is 4.79 Å². The summed E-state index contributed by atoms with van der Waals surface area (Å²) in [6.45, 7) is 3.81. The molecular formula is C9H13NO3S2. The van der Waals surface area contributed by atoms with E-state index in [1.807, 2.05) is 0 Å². The topological polar surface area (TPSA) is 46.6 Å². The van der Waals surface area contributed by atoms with Crippen LogP contribution in [0.5, 0.6) is 0 Å². The first-order chi connectivity index (χ1) is 7.11. The van der Waals surface area contributed by atoms with Crippen LogP contribution in [0.3, 0.4) is 0 Å². The third-order valence-corrected chi connectivity index (χ3v) is 3.48. The maximum atomic E-state index is 11.6. The van der Waals surface area contributed by atoms with Gasteiger partial charge in [-0.05, 0) is 6.92 Å². The Hall–Kier alpha value is -0.620. The minimum atomic E-state index is -0.533. The highest BCUT2D eigenvalue weighted by Crippen LogP contribution is 2.25. The van der Waals surface area contributed by atoms with E-state index in [9.17, 15) is 9.59 Å². The number of carbonyl (C=O) groups excluding carboxylic acids is 2. The van der Waals surface area contributed by atoms with Gasteiger partial charge in [-0.3, -0.25) is 9.69 Å². The number of ether oxygens (including phenoxy) is 1. The largest absolute Gasteiger partial charge is 0.464 e. The zero-order valence-corrected chi connectivity index (χ0v) is 10.3. The molecule has 0 spiro atoms. The molecule has 15 heavy (non-hydrogen) atoms. The van der Waals surface area contributed by atoms with Crippen LogP contribution in [0, 0.1) is 0 Å². The van der Waals surface area contributed by atoms with E-state index in [1.54, 1.807) is 13.8 Å². The lowest BCUT2D eigenvalue weighted by Gasteiger charge is -2.21. The van der Waals surface area contributed by atoms with Crippen LogP contribution >= 0.6 is 24.0 Å². The Kier molecular flexibility index (Phi) is 4.53. The summed E-state index contributed by atoms with van der Waals surface area (Å²) in [7, 11) is 0. The molecule has 1 heterocycles. The predicted molar refractivity (Wildman–Crippen MR) is 62.6 cm³/mol. The highest BCUT2D eigenvalue weighted by atomic mass is 32.2. The SMILES string of the molecule is CCOC(=O)C1CSC(=S)N1C(=O)CC. The van der Waals surface area contributed by atoms with Crippen LogP contribution in [-0.2, 0) is 14.3 Å². The molecule has 6 heteroatoms. The maximum Gasteiger partial charge on any atom is 0.330 e. The Labute approximate surface area is 98.3 Å². The summed E-state index contributed by atoms with van der Waals surface area (Å²) in [6.07, 6.45) is 0.344. The zero-order chi connectivity index (χ0) is 11.4. The molecule has 0 aliphatic carbocycles. The second-order valence-electron chi connectivity index (χ2n) is 2.96. The Balaban J connectivity index is 2.76. The lowest BCUT2D eigenvalue weighted by Crippen LogP contribution is -2.44. The van der Waals surface area contributed by atoms with Crippen molar-refractivity contribution in [3.63, 3.8) is 0 Å². The fourth-order valence-electron chi connectivity index (χ4n) is 1.28. The van der Waals surface area contributed by atoms with Gasteiger partial charge in [0.25, 0.3) is 0 Å². The molecule has 0 N–H and O–H groups in total. The summed E-state index contributed by atoms with van der Waals surface area (Å²) in [5.41, 5.74) is 0. The summed E-state index contributed by atoms with van der Waals surface area (Å²) in [6, 6.07) is -0.533. The number of amides is 1. The first kappa shape index (κ1) is 12.4. The summed E-state index contributed by atoms with van der Waals surface area (Å²) < 4.78 is 5.37. The highest BCUT2D eigenvalue weighted by Gasteiger charge is 2.38. The average molecular weight is 247 g/mol. The molecule has 1 saturated heterocycles. The van der Waals surface area contributed by atoms with E-state index in [4.69, 9.17) is 17.0 Å². The molecule has 0 aromatic heterocycles. The van der Waals surface area contributed by atoms with E-state index in [-0.39, 0.29) is 11.9 Å². The number of carbonyl (C=O) groups is 2. The number of nitrogens with zero attached hydrogens (tertiary/aromatic N) is 1. The van der Waals surface area contributed by atoms with Crippen LogP contribution in [0.15, 0.2) is 0 Å². The summed E-state index contributed by atoms with van der Waals surface area (Å²) >= 11 is 6.37. The lowest BCUT2D eigenvalue weighted by molar-refractivity contribution is -0.150. The average Bonchev–Trinajstić information content (AvgIpc) is 2.59. The summed E-state index contributed by atoms with van der Waals surface area (Å²) in [4.78, 5) is 24.5. The van der Waals surface area contributed by atoms with Crippen molar-refractivity contribution in [2.75, 3.05) is 12.4 Å². The van der Waals surface area contributed by atoms with Crippen LogP contribution in [0.4, 0.5) is 0 Å². The molecule has 0 aromatic rings. The van der Waals surface area contributed by atoms with Crippen LogP contribution in [-0.4, -0.2) is 39.5 Å². The van der Waals surface area contributed by atoms with Gasteiger partial charge in [-0.15, -0.1) is 0 Å². The van der Waals surface area contributed by atoms with Crippen LogP contribution < -0.4 is 0 Å². The fourth-order valence-corrected chi connectivity index (χ4v) is 2.67. The number of thioether (sulfide) groups is 1. The van der Waals surface area contributed by atoms with E-state index < -0.39 is 6.04 Å². The zero-order valence-electron chi connectivity index (χ0n) is 8.69. The Morgan fingerprint density at radius 3 is 2.80 bits per heavy atom. The molecular weight excluding hydrogens is 234 g/mol. The predicted octanol–water partition coefficient (Wildman–Crippen LogP) is 1.19.